The van der Waals surface area contributed by atoms with Crippen LogP contribution in [0, 0.1) is 0 Å². The molecule has 1 aromatic heterocycles. The van der Waals surface area contributed by atoms with Gasteiger partial charge in [-0.15, -0.1) is 0 Å². The predicted molar refractivity (Wildman–Crippen MR) is 133 cm³/mol. The number of hydrogen-bond acceptors (Lipinski definition) is 5. The molecule has 34 heavy (non-hydrogen) atoms. The zero-order valence-electron chi connectivity index (χ0n) is 19.2. The molecule has 0 N–H and O–H groups in total. The van der Waals surface area contributed by atoms with Gasteiger partial charge in [0, 0.05) is 16.7 Å². The number of fused-ring (bicyclic) bond motifs is 3. The molecule has 0 fully saturated rings. The zero-order chi connectivity index (χ0) is 23.7. The average Bonchev–Trinajstić information content (AvgIpc) is 3.22. The molecule has 0 saturated heterocycles. The first-order valence-electron chi connectivity index (χ1n) is 11.5. The zero-order valence-corrected chi connectivity index (χ0v) is 19.2. The molecule has 0 aliphatic carbocycles. The Morgan fingerprint density at radius 3 is 2.18 bits per heavy atom. The SMILES string of the molecule is CCN(CC)C1(c2ccccc2)Oc2c(c(=O)oc3ccccc23)C1=CC(=O)c1ccccc1. The van der Waals surface area contributed by atoms with Crippen LogP contribution in [0.4, 0.5) is 0 Å². The van der Waals surface area contributed by atoms with Crippen LogP contribution in [0.5, 0.6) is 5.75 Å². The number of hydrogen-bond donors (Lipinski definition) is 0. The number of nitrogens with zero attached hydrogens (tertiary/aromatic N) is 1. The number of likely N-dealkylation sites (N-methyl/N-ethyl adjacent to an activating group) is 1. The van der Waals surface area contributed by atoms with E-state index in [1.807, 2.05) is 80.6 Å². The Morgan fingerprint density at radius 2 is 1.50 bits per heavy atom. The van der Waals surface area contributed by atoms with E-state index in [0.29, 0.717) is 46.5 Å². The fraction of sp³-hybridized carbons (Fsp3) is 0.172. The third-order valence-electron chi connectivity index (χ3n) is 6.36. The summed E-state index contributed by atoms with van der Waals surface area (Å²) in [5.41, 5.74) is 0.926. The summed E-state index contributed by atoms with van der Waals surface area (Å²) in [4.78, 5) is 28.9. The van der Waals surface area contributed by atoms with E-state index >= 15 is 0 Å². The Labute approximate surface area is 197 Å². The van der Waals surface area contributed by atoms with Gasteiger partial charge in [0.05, 0.1) is 5.39 Å². The van der Waals surface area contributed by atoms with Crippen molar-refractivity contribution in [1.82, 2.24) is 4.90 Å². The third kappa shape index (κ3) is 3.37. The number of para-hydroxylation sites is 1. The molecule has 2 heterocycles. The maximum atomic E-state index is 13.4. The van der Waals surface area contributed by atoms with E-state index in [1.54, 1.807) is 18.2 Å². The van der Waals surface area contributed by atoms with Crippen molar-refractivity contribution in [1.29, 1.82) is 0 Å². The van der Waals surface area contributed by atoms with Gasteiger partial charge in [-0.3, -0.25) is 9.69 Å². The summed E-state index contributed by atoms with van der Waals surface area (Å²) in [7, 11) is 0. The van der Waals surface area contributed by atoms with Gasteiger partial charge < -0.3 is 9.15 Å². The normalized spacial score (nSPS) is 18.3. The standard InChI is InChI=1S/C29H25NO4/c1-3-30(4-2)29(21-15-9-6-10-16-21)23(19-24(31)20-13-7-5-8-14-20)26-27(34-29)22-17-11-12-18-25(22)33-28(26)32/h5-19H,3-4H2,1-2H3. The number of allylic oxidation sites excluding steroid dienone is 1. The van der Waals surface area contributed by atoms with Crippen molar-refractivity contribution < 1.29 is 13.9 Å². The Kier molecular flexibility index (Phi) is 5.64. The summed E-state index contributed by atoms with van der Waals surface area (Å²) in [5.74, 6) is 0.238. The molecular formula is C29H25NO4. The second kappa shape index (κ2) is 8.76. The van der Waals surface area contributed by atoms with Crippen LogP contribution < -0.4 is 10.4 Å². The van der Waals surface area contributed by atoms with Gasteiger partial charge >= 0.3 is 5.63 Å². The second-order valence-electron chi connectivity index (χ2n) is 8.16. The lowest BCUT2D eigenvalue weighted by atomic mass is 9.88. The van der Waals surface area contributed by atoms with Crippen LogP contribution in [0.1, 0.15) is 35.3 Å². The van der Waals surface area contributed by atoms with Gasteiger partial charge in [-0.05, 0) is 31.3 Å². The highest BCUT2D eigenvalue weighted by atomic mass is 16.5. The van der Waals surface area contributed by atoms with Crippen LogP contribution in [-0.4, -0.2) is 23.8 Å². The number of ether oxygens (including phenoxy) is 1. The average molecular weight is 452 g/mol. The van der Waals surface area contributed by atoms with Gasteiger partial charge in [0.1, 0.15) is 16.9 Å². The molecule has 1 aliphatic rings. The molecule has 5 heteroatoms. The summed E-state index contributed by atoms with van der Waals surface area (Å²) in [5, 5.41) is 0.695. The molecule has 0 spiro atoms. The monoisotopic (exact) mass is 451 g/mol. The summed E-state index contributed by atoms with van der Waals surface area (Å²) < 4.78 is 12.5. The molecule has 5 nitrogen and oxygen atoms in total. The van der Waals surface area contributed by atoms with Gasteiger partial charge in [-0.1, -0.05) is 86.6 Å². The smallest absolute Gasteiger partial charge is 0.347 e. The number of ketones is 1. The number of carbonyl (C=O) groups excluding carboxylic acids is 1. The number of benzene rings is 3. The minimum absolute atomic E-state index is 0.202. The first kappa shape index (κ1) is 21.9. The molecule has 0 radical (unpaired) electrons. The highest BCUT2D eigenvalue weighted by Crippen LogP contribution is 2.52. The molecule has 0 saturated carbocycles. The van der Waals surface area contributed by atoms with E-state index < -0.39 is 11.4 Å². The fourth-order valence-corrected chi connectivity index (χ4v) is 4.78. The van der Waals surface area contributed by atoms with E-state index in [9.17, 15) is 9.59 Å². The van der Waals surface area contributed by atoms with E-state index in [2.05, 4.69) is 4.90 Å². The molecule has 1 aliphatic heterocycles. The van der Waals surface area contributed by atoms with Gasteiger partial charge in [0.15, 0.2) is 5.78 Å². The summed E-state index contributed by atoms with van der Waals surface area (Å²) in [6, 6.07) is 26.1. The van der Waals surface area contributed by atoms with Crippen LogP contribution in [0.25, 0.3) is 16.5 Å². The van der Waals surface area contributed by atoms with Crippen LogP contribution in [-0.2, 0) is 5.72 Å². The molecular weight excluding hydrogens is 426 g/mol. The minimum Gasteiger partial charge on any atom is -0.462 e. The van der Waals surface area contributed by atoms with Gasteiger partial charge in [0.25, 0.3) is 0 Å². The van der Waals surface area contributed by atoms with Crippen molar-refractivity contribution in [3.63, 3.8) is 0 Å². The van der Waals surface area contributed by atoms with Gasteiger partial charge in [-0.2, -0.15) is 0 Å². The lowest BCUT2D eigenvalue weighted by molar-refractivity contribution is -0.0246. The third-order valence-corrected chi connectivity index (χ3v) is 6.36. The first-order valence-corrected chi connectivity index (χ1v) is 11.5. The molecule has 5 rings (SSSR count). The van der Waals surface area contributed by atoms with Crippen molar-refractivity contribution in [2.75, 3.05) is 13.1 Å². The summed E-state index contributed by atoms with van der Waals surface area (Å²) in [6.45, 7) is 5.36. The van der Waals surface area contributed by atoms with Crippen LogP contribution in [0.15, 0.2) is 100 Å². The van der Waals surface area contributed by atoms with Crippen molar-refractivity contribution in [2.24, 2.45) is 0 Å². The van der Waals surface area contributed by atoms with Gasteiger partial charge in [0.2, 0.25) is 5.72 Å². The largest absolute Gasteiger partial charge is 0.462 e. The fourth-order valence-electron chi connectivity index (χ4n) is 4.78. The second-order valence-corrected chi connectivity index (χ2v) is 8.16. The number of carbonyl (C=O) groups is 1. The van der Waals surface area contributed by atoms with Crippen molar-refractivity contribution in [2.45, 2.75) is 19.6 Å². The van der Waals surface area contributed by atoms with E-state index in [4.69, 9.17) is 9.15 Å². The lowest BCUT2D eigenvalue weighted by Gasteiger charge is -2.40. The van der Waals surface area contributed by atoms with Crippen molar-refractivity contribution >= 4 is 22.3 Å². The number of rotatable bonds is 6. The van der Waals surface area contributed by atoms with E-state index in [1.165, 1.54) is 6.08 Å². The Bertz CT molecular complexity index is 1440. The quantitative estimate of drug-likeness (QED) is 0.215. The molecule has 1 unspecified atom stereocenters. The highest BCUT2D eigenvalue weighted by molar-refractivity contribution is 6.10. The summed E-state index contributed by atoms with van der Waals surface area (Å²) >= 11 is 0. The molecule has 0 bridgehead atoms. The molecule has 4 aromatic rings. The summed E-state index contributed by atoms with van der Waals surface area (Å²) in [6.07, 6.45) is 1.54. The Balaban J connectivity index is 1.87. The lowest BCUT2D eigenvalue weighted by Crippen LogP contribution is -2.49. The van der Waals surface area contributed by atoms with Gasteiger partial charge in [-0.25, -0.2) is 4.79 Å². The topological polar surface area (TPSA) is 59.8 Å². The van der Waals surface area contributed by atoms with Crippen molar-refractivity contribution in [3.8, 4) is 5.75 Å². The molecule has 170 valence electrons. The Hall–Kier alpha value is -3.96. The highest BCUT2D eigenvalue weighted by Gasteiger charge is 2.52. The van der Waals surface area contributed by atoms with Crippen LogP contribution in [0.3, 0.4) is 0 Å². The molecule has 3 aromatic carbocycles. The van der Waals surface area contributed by atoms with Crippen LogP contribution in [0.2, 0.25) is 0 Å². The van der Waals surface area contributed by atoms with E-state index in [0.717, 1.165) is 5.56 Å². The minimum atomic E-state index is -1.16. The van der Waals surface area contributed by atoms with Crippen LogP contribution >= 0.6 is 0 Å². The molecule has 0 amide bonds. The Morgan fingerprint density at radius 1 is 0.882 bits per heavy atom. The van der Waals surface area contributed by atoms with Crippen molar-refractivity contribution in [3.05, 3.63) is 118 Å². The maximum Gasteiger partial charge on any atom is 0.347 e. The van der Waals surface area contributed by atoms with E-state index in [-0.39, 0.29) is 5.78 Å². The predicted octanol–water partition coefficient (Wildman–Crippen LogP) is 5.65. The first-order chi connectivity index (χ1) is 16.6. The molecule has 1 atom stereocenters. The maximum absolute atomic E-state index is 13.4.